The highest BCUT2D eigenvalue weighted by atomic mass is 127. The summed E-state index contributed by atoms with van der Waals surface area (Å²) in [5.41, 5.74) is 0.155. The summed E-state index contributed by atoms with van der Waals surface area (Å²) in [5.74, 6) is 0.0521. The molecule has 9 heteroatoms. The van der Waals surface area contributed by atoms with Gasteiger partial charge in [-0.15, -0.1) is 13.2 Å². The first kappa shape index (κ1) is 15.3. The van der Waals surface area contributed by atoms with Gasteiger partial charge in [-0.05, 0) is 40.8 Å². The Kier molecular flexibility index (Phi) is 4.68. The van der Waals surface area contributed by atoms with Crippen LogP contribution in [0.25, 0.3) is 0 Å². The van der Waals surface area contributed by atoms with Crippen LogP contribution < -0.4 is 10.1 Å². The van der Waals surface area contributed by atoms with E-state index in [1.165, 1.54) is 18.5 Å². The number of alkyl halides is 3. The Hall–Kier alpha value is -1.10. The van der Waals surface area contributed by atoms with Crippen LogP contribution in [0.3, 0.4) is 0 Å². The molecule has 1 aromatic heterocycles. The van der Waals surface area contributed by atoms with Gasteiger partial charge < -0.3 is 10.1 Å². The Morgan fingerprint density at radius 2 is 2.05 bits per heavy atom. The number of nitrogens with zero attached hydrogens (tertiary/aromatic N) is 2. The lowest BCUT2D eigenvalue weighted by atomic mass is 10.3. The zero-order chi connectivity index (χ0) is 14.8. The molecule has 0 aliphatic rings. The first-order chi connectivity index (χ1) is 9.35. The number of benzene rings is 1. The molecule has 2 aromatic rings. The van der Waals surface area contributed by atoms with E-state index in [-0.39, 0.29) is 11.4 Å². The van der Waals surface area contributed by atoms with Crippen molar-refractivity contribution >= 4 is 50.0 Å². The molecule has 0 saturated carbocycles. The van der Waals surface area contributed by atoms with Gasteiger partial charge in [-0.2, -0.15) is 0 Å². The summed E-state index contributed by atoms with van der Waals surface area (Å²) < 4.78 is 42.3. The van der Waals surface area contributed by atoms with E-state index >= 15 is 0 Å². The van der Waals surface area contributed by atoms with E-state index in [9.17, 15) is 13.2 Å². The van der Waals surface area contributed by atoms with Crippen LogP contribution in [0.5, 0.6) is 5.75 Å². The molecule has 0 aliphatic heterocycles. The molecular formula is C11H6BrF3IN3O. The van der Waals surface area contributed by atoms with Crippen molar-refractivity contribution < 1.29 is 17.9 Å². The lowest BCUT2D eigenvalue weighted by molar-refractivity contribution is -0.274. The fraction of sp³-hybridized carbons (Fsp3) is 0.0909. The van der Waals surface area contributed by atoms with Crippen molar-refractivity contribution in [1.82, 2.24) is 9.97 Å². The quantitative estimate of drug-likeness (QED) is 0.687. The van der Waals surface area contributed by atoms with Gasteiger partial charge in [0.05, 0.1) is 9.26 Å². The molecular weight excluding hydrogens is 454 g/mol. The molecule has 0 spiro atoms. The van der Waals surface area contributed by atoms with E-state index in [0.717, 1.165) is 0 Å². The van der Waals surface area contributed by atoms with Crippen molar-refractivity contribution in [2.24, 2.45) is 0 Å². The lowest BCUT2D eigenvalue weighted by Crippen LogP contribution is -2.18. The van der Waals surface area contributed by atoms with Gasteiger partial charge in [0.25, 0.3) is 0 Å². The number of halogens is 5. The minimum Gasteiger partial charge on any atom is -0.404 e. The van der Waals surface area contributed by atoms with Gasteiger partial charge in [0, 0.05) is 10.7 Å². The average molecular weight is 460 g/mol. The van der Waals surface area contributed by atoms with Gasteiger partial charge in [0.2, 0.25) is 0 Å². The second-order valence-corrected chi connectivity index (χ2v) is 5.61. The third-order valence-electron chi connectivity index (χ3n) is 2.09. The smallest absolute Gasteiger partial charge is 0.404 e. The van der Waals surface area contributed by atoms with Gasteiger partial charge >= 0.3 is 6.36 Å². The van der Waals surface area contributed by atoms with Gasteiger partial charge in [0.15, 0.2) is 5.75 Å². The summed E-state index contributed by atoms with van der Waals surface area (Å²) in [6.07, 6.45) is -1.93. The van der Waals surface area contributed by atoms with Gasteiger partial charge in [0.1, 0.15) is 12.1 Å². The molecule has 4 nitrogen and oxygen atoms in total. The molecule has 0 atom stereocenters. The third kappa shape index (κ3) is 4.20. The van der Waals surface area contributed by atoms with Crippen molar-refractivity contribution in [2.75, 3.05) is 5.32 Å². The largest absolute Gasteiger partial charge is 0.573 e. The maximum absolute atomic E-state index is 12.4. The molecule has 0 unspecified atom stereocenters. The predicted octanol–water partition coefficient (Wildman–Crippen LogP) is 4.49. The Bertz CT molecular complexity index is 624. The van der Waals surface area contributed by atoms with Gasteiger partial charge in [-0.1, -0.05) is 15.9 Å². The molecule has 20 heavy (non-hydrogen) atoms. The number of hydrogen-bond donors (Lipinski definition) is 1. The second kappa shape index (κ2) is 6.12. The predicted molar refractivity (Wildman–Crippen MR) is 78.9 cm³/mol. The van der Waals surface area contributed by atoms with Crippen LogP contribution in [-0.2, 0) is 0 Å². The van der Waals surface area contributed by atoms with Crippen LogP contribution in [0.1, 0.15) is 0 Å². The molecule has 0 amide bonds. The lowest BCUT2D eigenvalue weighted by Gasteiger charge is -2.15. The van der Waals surface area contributed by atoms with Crippen molar-refractivity contribution in [3.63, 3.8) is 0 Å². The van der Waals surface area contributed by atoms with Crippen molar-refractivity contribution in [1.29, 1.82) is 0 Å². The van der Waals surface area contributed by atoms with Crippen LogP contribution in [0.2, 0.25) is 0 Å². The Morgan fingerprint density at radius 1 is 1.30 bits per heavy atom. The fourth-order valence-corrected chi connectivity index (χ4v) is 2.12. The summed E-state index contributed by atoms with van der Waals surface area (Å²) in [5, 5.41) is 2.79. The number of rotatable bonds is 3. The molecule has 0 radical (unpaired) electrons. The van der Waals surface area contributed by atoms with E-state index in [2.05, 4.69) is 36.0 Å². The molecule has 0 aliphatic carbocycles. The molecule has 1 aromatic carbocycles. The molecule has 106 valence electrons. The molecule has 2 rings (SSSR count). The zero-order valence-corrected chi connectivity index (χ0v) is 13.3. The normalized spacial score (nSPS) is 11.2. The van der Waals surface area contributed by atoms with E-state index in [1.54, 1.807) is 12.3 Å². The minimum absolute atomic E-state index is 0.155. The summed E-state index contributed by atoms with van der Waals surface area (Å²) >= 11 is 5.08. The number of aromatic nitrogens is 2. The molecule has 0 saturated heterocycles. The Morgan fingerprint density at radius 3 is 2.70 bits per heavy atom. The maximum atomic E-state index is 12.4. The molecule has 0 bridgehead atoms. The highest BCUT2D eigenvalue weighted by molar-refractivity contribution is 14.1. The Balaban J connectivity index is 2.34. The highest BCUT2D eigenvalue weighted by Crippen LogP contribution is 2.34. The van der Waals surface area contributed by atoms with Crippen LogP contribution in [0, 0.1) is 3.57 Å². The number of nitrogens with one attached hydrogen (secondary N) is 1. The first-order valence-electron chi connectivity index (χ1n) is 5.13. The number of anilines is 2. The van der Waals surface area contributed by atoms with Crippen molar-refractivity contribution in [2.45, 2.75) is 6.36 Å². The summed E-state index contributed by atoms with van der Waals surface area (Å²) in [7, 11) is 0. The first-order valence-corrected chi connectivity index (χ1v) is 7.00. The summed E-state index contributed by atoms with van der Waals surface area (Å²) in [6, 6.07) is 4.28. The van der Waals surface area contributed by atoms with E-state index < -0.39 is 6.36 Å². The Labute approximate surface area is 134 Å². The van der Waals surface area contributed by atoms with E-state index in [0.29, 0.717) is 13.9 Å². The molecule has 0 fully saturated rings. The van der Waals surface area contributed by atoms with E-state index in [4.69, 9.17) is 0 Å². The van der Waals surface area contributed by atoms with Crippen LogP contribution in [-0.4, -0.2) is 16.3 Å². The van der Waals surface area contributed by atoms with Gasteiger partial charge in [-0.3, -0.25) is 0 Å². The van der Waals surface area contributed by atoms with E-state index in [1.807, 2.05) is 22.6 Å². The molecule has 1 heterocycles. The van der Waals surface area contributed by atoms with Crippen molar-refractivity contribution in [3.8, 4) is 5.75 Å². The monoisotopic (exact) mass is 459 g/mol. The summed E-state index contributed by atoms with van der Waals surface area (Å²) in [4.78, 5) is 7.76. The number of ether oxygens (including phenoxy) is 1. The van der Waals surface area contributed by atoms with Crippen LogP contribution >= 0.6 is 38.5 Å². The number of hydrogen-bond acceptors (Lipinski definition) is 4. The molecule has 1 N–H and O–H groups in total. The maximum Gasteiger partial charge on any atom is 0.573 e. The fourth-order valence-electron chi connectivity index (χ4n) is 1.34. The van der Waals surface area contributed by atoms with Gasteiger partial charge in [-0.25, -0.2) is 9.97 Å². The highest BCUT2D eigenvalue weighted by Gasteiger charge is 2.32. The second-order valence-electron chi connectivity index (χ2n) is 3.53. The third-order valence-corrected chi connectivity index (χ3v) is 3.37. The SMILES string of the molecule is FC(F)(F)Oc1cc(Br)ccc1Nc1ncncc1I. The topological polar surface area (TPSA) is 47.0 Å². The van der Waals surface area contributed by atoms with Crippen LogP contribution in [0.4, 0.5) is 24.7 Å². The van der Waals surface area contributed by atoms with Crippen LogP contribution in [0.15, 0.2) is 35.2 Å². The minimum atomic E-state index is -4.77. The standard InChI is InChI=1S/C11H6BrF3IN3O/c12-6-1-2-8(9(3-6)20-11(13,14)15)19-10-7(16)4-17-5-18-10/h1-5H,(H,17,18,19). The summed E-state index contributed by atoms with van der Waals surface area (Å²) in [6.45, 7) is 0. The zero-order valence-electron chi connectivity index (χ0n) is 9.58. The average Bonchev–Trinajstić information content (AvgIpc) is 2.33. The van der Waals surface area contributed by atoms with Crippen molar-refractivity contribution in [3.05, 3.63) is 38.8 Å².